The summed E-state index contributed by atoms with van der Waals surface area (Å²) in [6.45, 7) is 0. The Morgan fingerprint density at radius 2 is 1.65 bits per heavy atom. The Balaban J connectivity index is 2.32. The second kappa shape index (κ2) is 3.56. The number of aromatic hydroxyl groups is 1. The molecule has 1 aliphatic rings. The van der Waals surface area contributed by atoms with Crippen LogP contribution in [0.5, 0.6) is 5.75 Å². The number of fused-ring (bicyclic) bond motifs is 1. The first kappa shape index (κ1) is 9.78. The third-order valence-corrected chi connectivity index (χ3v) is 2.77. The van der Waals surface area contributed by atoms with Crippen LogP contribution in [-0.2, 0) is 4.79 Å². The summed E-state index contributed by atoms with van der Waals surface area (Å²) in [6, 6.07) is 14.0. The van der Waals surface area contributed by atoms with Gasteiger partial charge in [-0.1, -0.05) is 30.3 Å². The Morgan fingerprint density at radius 1 is 0.941 bits per heavy atom. The van der Waals surface area contributed by atoms with Gasteiger partial charge in [0, 0.05) is 5.22 Å². The Labute approximate surface area is 97.4 Å². The van der Waals surface area contributed by atoms with E-state index in [1.54, 1.807) is 24.3 Å². The number of phenols is 1. The lowest BCUT2D eigenvalue weighted by molar-refractivity contribution is -0.112. The predicted molar refractivity (Wildman–Crippen MR) is 62.8 cm³/mol. The number of carbonyl (C=O) groups is 1. The van der Waals surface area contributed by atoms with E-state index in [-0.39, 0.29) is 11.7 Å². The fourth-order valence-corrected chi connectivity index (χ4v) is 1.97. The van der Waals surface area contributed by atoms with Crippen LogP contribution in [0.1, 0.15) is 5.56 Å². The molecule has 2 aromatic carbocycles. The molecule has 0 spiro atoms. The van der Waals surface area contributed by atoms with E-state index in [0.29, 0.717) is 10.9 Å². The van der Waals surface area contributed by atoms with E-state index in [0.717, 1.165) is 10.8 Å². The number of benzene rings is 2. The van der Waals surface area contributed by atoms with Crippen LogP contribution in [0.25, 0.3) is 5.57 Å². The molecule has 3 heteroatoms. The number of rotatable bonds is 1. The number of hydrogen-bond acceptors (Lipinski definition) is 2. The van der Waals surface area contributed by atoms with Gasteiger partial charge in [0.25, 0.3) is 5.91 Å². The van der Waals surface area contributed by atoms with Gasteiger partial charge in [0.2, 0.25) is 0 Å². The molecule has 17 heavy (non-hydrogen) atoms. The summed E-state index contributed by atoms with van der Waals surface area (Å²) in [5.74, 6) is -0.0399. The van der Waals surface area contributed by atoms with E-state index >= 15 is 0 Å². The van der Waals surface area contributed by atoms with Crippen LogP contribution in [0.2, 0.25) is 0 Å². The normalized spacial score (nSPS) is 13.4. The first-order chi connectivity index (χ1) is 8.25. The van der Waals surface area contributed by atoms with Crippen LogP contribution in [0, 0.1) is 0 Å². The smallest absolute Gasteiger partial charge is 0.278 e. The van der Waals surface area contributed by atoms with E-state index in [9.17, 15) is 9.90 Å². The van der Waals surface area contributed by atoms with Crippen molar-refractivity contribution in [2.24, 2.45) is 4.99 Å². The summed E-state index contributed by atoms with van der Waals surface area (Å²) in [5.41, 5.74) is 1.38. The lowest BCUT2D eigenvalue weighted by atomic mass is 10.0. The summed E-state index contributed by atoms with van der Waals surface area (Å²) in [5, 5.41) is 10.8. The lowest BCUT2D eigenvalue weighted by Gasteiger charge is -2.00. The highest BCUT2D eigenvalue weighted by Gasteiger charge is 2.17. The summed E-state index contributed by atoms with van der Waals surface area (Å²) < 4.78 is 0. The molecule has 1 heterocycles. The predicted octanol–water partition coefficient (Wildman–Crippen LogP) is 0.751. The minimum atomic E-state index is -0.225. The molecule has 1 amide bonds. The molecule has 2 aromatic rings. The van der Waals surface area contributed by atoms with Crippen molar-refractivity contribution in [1.29, 1.82) is 0 Å². The van der Waals surface area contributed by atoms with Gasteiger partial charge in [-0.3, -0.25) is 4.79 Å². The summed E-state index contributed by atoms with van der Waals surface area (Å²) in [6.07, 6.45) is 0. The molecular weight excluding hydrogens is 214 g/mol. The molecule has 0 bridgehead atoms. The standard InChI is InChI=1S/C14H9NO2/c16-10-7-5-9(6-8-10)13-11-3-1-2-4-12(11)15-14(13)17/h1-8,16H. The van der Waals surface area contributed by atoms with Crippen LogP contribution < -0.4 is 10.6 Å². The minimum absolute atomic E-state index is 0.185. The maximum atomic E-state index is 11.9. The molecule has 0 unspecified atom stereocenters. The van der Waals surface area contributed by atoms with E-state index < -0.39 is 0 Å². The van der Waals surface area contributed by atoms with Crippen molar-refractivity contribution in [2.75, 3.05) is 0 Å². The van der Waals surface area contributed by atoms with Crippen LogP contribution in [0.3, 0.4) is 0 Å². The monoisotopic (exact) mass is 223 g/mol. The van der Waals surface area contributed by atoms with Crippen LogP contribution in [0.4, 0.5) is 0 Å². The zero-order valence-electron chi connectivity index (χ0n) is 8.92. The van der Waals surface area contributed by atoms with Crippen LogP contribution in [0.15, 0.2) is 53.5 Å². The quantitative estimate of drug-likeness (QED) is 0.775. The number of carbonyl (C=O) groups excluding carboxylic acids is 1. The Kier molecular flexibility index (Phi) is 2.05. The highest BCUT2D eigenvalue weighted by Crippen LogP contribution is 2.17. The number of para-hydroxylation sites is 1. The van der Waals surface area contributed by atoms with Crippen molar-refractivity contribution in [1.82, 2.24) is 0 Å². The molecule has 3 nitrogen and oxygen atoms in total. The fourth-order valence-electron chi connectivity index (χ4n) is 1.97. The second-order valence-corrected chi connectivity index (χ2v) is 3.86. The van der Waals surface area contributed by atoms with Crippen molar-refractivity contribution in [3.05, 3.63) is 64.7 Å². The van der Waals surface area contributed by atoms with E-state index in [4.69, 9.17) is 0 Å². The second-order valence-electron chi connectivity index (χ2n) is 3.86. The molecule has 0 fully saturated rings. The van der Waals surface area contributed by atoms with Crippen LogP contribution in [-0.4, -0.2) is 11.0 Å². The molecule has 3 rings (SSSR count). The van der Waals surface area contributed by atoms with Gasteiger partial charge >= 0.3 is 0 Å². The highest BCUT2D eigenvalue weighted by molar-refractivity contribution is 6.20. The molecule has 1 N–H and O–H groups in total. The average Bonchev–Trinajstić information content (AvgIpc) is 2.66. The molecule has 0 aromatic heterocycles. The molecule has 0 saturated carbocycles. The minimum Gasteiger partial charge on any atom is -0.508 e. The van der Waals surface area contributed by atoms with Gasteiger partial charge in [0.1, 0.15) is 5.75 Å². The van der Waals surface area contributed by atoms with Gasteiger partial charge in [-0.15, -0.1) is 0 Å². The SMILES string of the molecule is O=C1N=c2ccccc2=C1c1ccc(O)cc1. The summed E-state index contributed by atoms with van der Waals surface area (Å²) >= 11 is 0. The third-order valence-electron chi connectivity index (χ3n) is 2.77. The van der Waals surface area contributed by atoms with E-state index in [1.807, 2.05) is 24.3 Å². The van der Waals surface area contributed by atoms with Crippen molar-refractivity contribution < 1.29 is 9.90 Å². The molecule has 0 atom stereocenters. The van der Waals surface area contributed by atoms with Crippen molar-refractivity contribution in [3.8, 4) is 5.75 Å². The Morgan fingerprint density at radius 3 is 2.41 bits per heavy atom. The summed E-state index contributed by atoms with van der Waals surface area (Å²) in [4.78, 5) is 15.8. The van der Waals surface area contributed by atoms with Gasteiger partial charge in [0.05, 0.1) is 10.9 Å². The highest BCUT2D eigenvalue weighted by atomic mass is 16.3. The van der Waals surface area contributed by atoms with Gasteiger partial charge in [0.15, 0.2) is 0 Å². The first-order valence-corrected chi connectivity index (χ1v) is 5.27. The number of amides is 1. The molecule has 0 radical (unpaired) electrons. The summed E-state index contributed by atoms with van der Waals surface area (Å²) in [7, 11) is 0. The molecule has 82 valence electrons. The maximum absolute atomic E-state index is 11.9. The Hall–Kier alpha value is -2.42. The number of hydrogen-bond donors (Lipinski definition) is 1. The average molecular weight is 223 g/mol. The van der Waals surface area contributed by atoms with Crippen molar-refractivity contribution >= 4 is 11.5 Å². The molecule has 0 aliphatic carbocycles. The third kappa shape index (κ3) is 1.52. The molecular formula is C14H9NO2. The fraction of sp³-hybridized carbons (Fsp3) is 0. The molecule has 0 saturated heterocycles. The van der Waals surface area contributed by atoms with E-state index in [1.165, 1.54) is 0 Å². The van der Waals surface area contributed by atoms with Gasteiger partial charge < -0.3 is 5.11 Å². The van der Waals surface area contributed by atoms with Crippen LogP contribution >= 0.6 is 0 Å². The van der Waals surface area contributed by atoms with Gasteiger partial charge in [-0.2, -0.15) is 0 Å². The van der Waals surface area contributed by atoms with Crippen molar-refractivity contribution in [2.45, 2.75) is 0 Å². The topological polar surface area (TPSA) is 49.7 Å². The Bertz CT molecular complexity index is 715. The van der Waals surface area contributed by atoms with E-state index in [2.05, 4.69) is 4.99 Å². The zero-order valence-corrected chi connectivity index (χ0v) is 8.92. The zero-order chi connectivity index (χ0) is 11.8. The lowest BCUT2D eigenvalue weighted by Crippen LogP contribution is -2.22. The van der Waals surface area contributed by atoms with Gasteiger partial charge in [-0.25, -0.2) is 4.99 Å². The number of phenolic OH excluding ortho intramolecular Hbond substituents is 1. The maximum Gasteiger partial charge on any atom is 0.278 e. The number of nitrogens with zero attached hydrogens (tertiary/aromatic N) is 1. The largest absolute Gasteiger partial charge is 0.508 e. The van der Waals surface area contributed by atoms with Gasteiger partial charge in [-0.05, 0) is 23.8 Å². The molecule has 1 aliphatic heterocycles. The first-order valence-electron chi connectivity index (χ1n) is 5.27. The van der Waals surface area contributed by atoms with Crippen molar-refractivity contribution in [3.63, 3.8) is 0 Å².